The van der Waals surface area contributed by atoms with Crippen LogP contribution in [0.15, 0.2) is 40.2 Å². The van der Waals surface area contributed by atoms with Crippen molar-refractivity contribution in [2.75, 3.05) is 5.73 Å². The fourth-order valence-electron chi connectivity index (χ4n) is 1.85. The summed E-state index contributed by atoms with van der Waals surface area (Å²) < 4.78 is 5.10. The molecule has 0 atom stereocenters. The van der Waals surface area contributed by atoms with Crippen LogP contribution in [-0.4, -0.2) is 5.16 Å². The van der Waals surface area contributed by atoms with Gasteiger partial charge < -0.3 is 10.3 Å². The fourth-order valence-corrected chi connectivity index (χ4v) is 3.15. The average Bonchev–Trinajstić information content (AvgIpc) is 2.96. The molecule has 0 aliphatic carbocycles. The van der Waals surface area contributed by atoms with Crippen molar-refractivity contribution >= 4 is 40.4 Å². The first-order valence-electron chi connectivity index (χ1n) is 5.40. The third-order valence-corrected chi connectivity index (χ3v) is 3.95. The first-order valence-corrected chi connectivity index (χ1v) is 7.04. The lowest BCUT2D eigenvalue weighted by Crippen LogP contribution is -1.86. The van der Waals surface area contributed by atoms with Gasteiger partial charge in [0.1, 0.15) is 5.69 Å². The van der Waals surface area contributed by atoms with Gasteiger partial charge in [-0.15, -0.1) is 11.3 Å². The molecule has 3 nitrogen and oxygen atoms in total. The highest BCUT2D eigenvalue weighted by Gasteiger charge is 2.18. The van der Waals surface area contributed by atoms with Crippen LogP contribution in [0.2, 0.25) is 10.0 Å². The molecule has 0 saturated heterocycles. The molecule has 1 aromatic carbocycles. The number of anilines is 1. The summed E-state index contributed by atoms with van der Waals surface area (Å²) >= 11 is 13.6. The van der Waals surface area contributed by atoms with E-state index in [2.05, 4.69) is 5.16 Å². The average molecular weight is 311 g/mol. The third kappa shape index (κ3) is 2.34. The molecule has 0 unspecified atom stereocenters. The van der Waals surface area contributed by atoms with E-state index in [0.717, 1.165) is 16.0 Å². The number of aromatic nitrogens is 1. The van der Waals surface area contributed by atoms with Crippen LogP contribution in [0.25, 0.3) is 21.7 Å². The number of halogens is 2. The number of hydrogen-bond acceptors (Lipinski definition) is 4. The van der Waals surface area contributed by atoms with Gasteiger partial charge >= 0.3 is 0 Å². The van der Waals surface area contributed by atoms with Crippen LogP contribution < -0.4 is 5.73 Å². The molecule has 0 radical (unpaired) electrons. The number of hydrogen-bond donors (Lipinski definition) is 1. The Kier molecular flexibility index (Phi) is 3.22. The van der Waals surface area contributed by atoms with Crippen LogP contribution in [0.4, 0.5) is 5.88 Å². The summed E-state index contributed by atoms with van der Waals surface area (Å²) in [6, 6.07) is 9.13. The lowest BCUT2D eigenvalue weighted by Gasteiger charge is -2.02. The van der Waals surface area contributed by atoms with Gasteiger partial charge in [-0.2, -0.15) is 0 Å². The molecule has 3 rings (SSSR count). The van der Waals surface area contributed by atoms with Crippen LogP contribution in [-0.2, 0) is 0 Å². The molecule has 2 aromatic heterocycles. The molecule has 0 fully saturated rings. The van der Waals surface area contributed by atoms with Crippen LogP contribution >= 0.6 is 34.5 Å². The largest absolute Gasteiger partial charge is 0.367 e. The summed E-state index contributed by atoms with van der Waals surface area (Å²) in [4.78, 5) is 0.991. The Labute approximate surface area is 123 Å². The van der Waals surface area contributed by atoms with Crippen LogP contribution in [0.1, 0.15) is 0 Å². The first-order chi connectivity index (χ1) is 9.15. The number of nitrogen functional groups attached to an aromatic ring is 1. The van der Waals surface area contributed by atoms with Crippen molar-refractivity contribution in [2.24, 2.45) is 0 Å². The second-order valence-corrected chi connectivity index (χ2v) is 5.73. The zero-order valence-electron chi connectivity index (χ0n) is 9.56. The van der Waals surface area contributed by atoms with E-state index < -0.39 is 0 Å². The molecule has 6 heteroatoms. The van der Waals surface area contributed by atoms with E-state index >= 15 is 0 Å². The molecule has 2 N–H and O–H groups in total. The van der Waals surface area contributed by atoms with Crippen molar-refractivity contribution in [1.82, 2.24) is 5.16 Å². The van der Waals surface area contributed by atoms with Gasteiger partial charge in [0.25, 0.3) is 0 Å². The smallest absolute Gasteiger partial charge is 0.231 e. The SMILES string of the molecule is Nc1onc(-c2cc(Cl)cc(Cl)c2)c1-c1cccs1. The summed E-state index contributed by atoms with van der Waals surface area (Å²) in [5, 5.41) is 7.07. The van der Waals surface area contributed by atoms with Gasteiger partial charge in [0.05, 0.1) is 5.56 Å². The van der Waals surface area contributed by atoms with E-state index in [9.17, 15) is 0 Å². The lowest BCUT2D eigenvalue weighted by molar-refractivity contribution is 0.439. The summed E-state index contributed by atoms with van der Waals surface area (Å²) in [5.74, 6) is 0.286. The van der Waals surface area contributed by atoms with Gasteiger partial charge in [-0.05, 0) is 29.6 Å². The topological polar surface area (TPSA) is 52.0 Å². The molecule has 2 heterocycles. The summed E-state index contributed by atoms with van der Waals surface area (Å²) in [6.07, 6.45) is 0. The Morgan fingerprint density at radius 1 is 1.16 bits per heavy atom. The minimum atomic E-state index is 0.286. The van der Waals surface area contributed by atoms with Crippen molar-refractivity contribution in [3.63, 3.8) is 0 Å². The highest BCUT2D eigenvalue weighted by Crippen LogP contribution is 2.39. The second kappa shape index (κ2) is 4.89. The minimum absolute atomic E-state index is 0.286. The van der Waals surface area contributed by atoms with E-state index in [1.165, 1.54) is 0 Å². The molecular formula is C13H8Cl2N2OS. The van der Waals surface area contributed by atoms with Gasteiger partial charge in [-0.25, -0.2) is 0 Å². The highest BCUT2D eigenvalue weighted by molar-refractivity contribution is 7.13. The maximum Gasteiger partial charge on any atom is 0.231 e. The normalized spacial score (nSPS) is 10.8. The molecular weight excluding hydrogens is 303 g/mol. The molecule has 96 valence electrons. The van der Waals surface area contributed by atoms with Crippen LogP contribution in [0, 0.1) is 0 Å². The zero-order chi connectivity index (χ0) is 13.4. The molecule has 0 spiro atoms. The minimum Gasteiger partial charge on any atom is -0.367 e. The number of nitrogens with zero attached hydrogens (tertiary/aromatic N) is 1. The predicted molar refractivity (Wildman–Crippen MR) is 79.7 cm³/mol. The van der Waals surface area contributed by atoms with Gasteiger partial charge in [0.2, 0.25) is 5.88 Å². The number of nitrogens with two attached hydrogens (primary N) is 1. The lowest BCUT2D eigenvalue weighted by atomic mass is 10.1. The molecule has 3 aromatic rings. The monoisotopic (exact) mass is 310 g/mol. The molecule has 19 heavy (non-hydrogen) atoms. The van der Waals surface area contributed by atoms with E-state index in [1.807, 2.05) is 17.5 Å². The van der Waals surface area contributed by atoms with Crippen molar-refractivity contribution in [3.8, 4) is 21.7 Å². The Hall–Kier alpha value is -1.49. The number of benzene rings is 1. The summed E-state index contributed by atoms with van der Waals surface area (Å²) in [5.41, 5.74) is 8.05. The van der Waals surface area contributed by atoms with Crippen LogP contribution in [0.5, 0.6) is 0 Å². The maximum absolute atomic E-state index is 6.01. The first kappa shape index (κ1) is 12.5. The van der Waals surface area contributed by atoms with Crippen molar-refractivity contribution in [2.45, 2.75) is 0 Å². The summed E-state index contributed by atoms with van der Waals surface area (Å²) in [6.45, 7) is 0. The fraction of sp³-hybridized carbons (Fsp3) is 0. The molecule has 0 saturated carbocycles. The van der Waals surface area contributed by atoms with Gasteiger partial charge in [-0.3, -0.25) is 0 Å². The second-order valence-electron chi connectivity index (χ2n) is 3.91. The number of rotatable bonds is 2. The van der Waals surface area contributed by atoms with Gasteiger partial charge in [-0.1, -0.05) is 34.4 Å². The number of thiophene rings is 1. The van der Waals surface area contributed by atoms with Gasteiger partial charge in [0.15, 0.2) is 0 Å². The molecule has 0 aliphatic heterocycles. The third-order valence-electron chi connectivity index (χ3n) is 2.62. The summed E-state index contributed by atoms with van der Waals surface area (Å²) in [7, 11) is 0. The maximum atomic E-state index is 6.01. The zero-order valence-corrected chi connectivity index (χ0v) is 11.9. The Balaban J connectivity index is 2.21. The highest BCUT2D eigenvalue weighted by atomic mass is 35.5. The van der Waals surface area contributed by atoms with E-state index in [4.69, 9.17) is 33.5 Å². The quantitative estimate of drug-likeness (QED) is 0.728. The Morgan fingerprint density at radius 2 is 1.89 bits per heavy atom. The molecule has 0 aliphatic rings. The van der Waals surface area contributed by atoms with Crippen molar-refractivity contribution < 1.29 is 4.52 Å². The molecule has 0 bridgehead atoms. The van der Waals surface area contributed by atoms with Crippen molar-refractivity contribution in [1.29, 1.82) is 0 Å². The Morgan fingerprint density at radius 3 is 2.53 bits per heavy atom. The van der Waals surface area contributed by atoms with Crippen LogP contribution in [0.3, 0.4) is 0 Å². The Bertz CT molecular complexity index is 702. The van der Waals surface area contributed by atoms with E-state index in [0.29, 0.717) is 15.7 Å². The predicted octanol–water partition coefficient (Wildman–Crippen LogP) is 4.96. The van der Waals surface area contributed by atoms with E-state index in [1.54, 1.807) is 29.5 Å². The molecule has 0 amide bonds. The standard InChI is InChI=1S/C13H8Cl2N2OS/c14-8-4-7(5-9(15)6-8)12-11(13(16)18-17-12)10-2-1-3-19-10/h1-6H,16H2. The van der Waals surface area contributed by atoms with Gasteiger partial charge in [0, 0.05) is 20.5 Å². The van der Waals surface area contributed by atoms with Crippen molar-refractivity contribution in [3.05, 3.63) is 45.8 Å². The van der Waals surface area contributed by atoms with E-state index in [-0.39, 0.29) is 5.88 Å².